The summed E-state index contributed by atoms with van der Waals surface area (Å²) in [5, 5.41) is 0. The predicted molar refractivity (Wildman–Crippen MR) is 48.5 cm³/mol. The molecule has 1 saturated heterocycles. The number of hydrogen-bond donors (Lipinski definition) is 1. The number of likely N-dealkylation sites (N-methyl/N-ethyl adjacent to an activating group) is 1. The molecule has 1 aliphatic heterocycles. The molecule has 0 bridgehead atoms. The fourth-order valence-electron chi connectivity index (χ4n) is 1.53. The molecule has 1 aliphatic rings. The summed E-state index contributed by atoms with van der Waals surface area (Å²) in [5.74, 6) is 0. The summed E-state index contributed by atoms with van der Waals surface area (Å²) >= 11 is 0. The van der Waals surface area contributed by atoms with E-state index < -0.39 is 0 Å². The van der Waals surface area contributed by atoms with E-state index in [2.05, 4.69) is 18.0 Å². The molecule has 2 heteroatoms. The quantitative estimate of drug-likeness (QED) is 0.601. The van der Waals surface area contributed by atoms with E-state index in [4.69, 9.17) is 5.73 Å². The van der Waals surface area contributed by atoms with Crippen LogP contribution in [0, 0.1) is 0 Å². The van der Waals surface area contributed by atoms with Crippen molar-refractivity contribution in [3.05, 3.63) is 11.6 Å². The first kappa shape index (κ1) is 8.75. The number of rotatable bonds is 2. The van der Waals surface area contributed by atoms with Gasteiger partial charge in [-0.25, -0.2) is 0 Å². The fourth-order valence-corrected chi connectivity index (χ4v) is 1.53. The molecule has 0 aromatic heterocycles. The van der Waals surface area contributed by atoms with Crippen LogP contribution in [0.15, 0.2) is 11.6 Å². The highest BCUT2D eigenvalue weighted by molar-refractivity contribution is 5.06. The minimum Gasteiger partial charge on any atom is -0.330 e. The van der Waals surface area contributed by atoms with Crippen LogP contribution in [0.5, 0.6) is 0 Å². The molecule has 0 aromatic rings. The Morgan fingerprint density at radius 3 is 3.09 bits per heavy atom. The van der Waals surface area contributed by atoms with E-state index in [0.717, 1.165) is 19.5 Å². The summed E-state index contributed by atoms with van der Waals surface area (Å²) < 4.78 is 0. The minimum atomic E-state index is 0.785. The van der Waals surface area contributed by atoms with Crippen LogP contribution in [-0.4, -0.2) is 31.6 Å². The molecule has 1 heterocycles. The van der Waals surface area contributed by atoms with Gasteiger partial charge in [0.15, 0.2) is 0 Å². The van der Waals surface area contributed by atoms with Gasteiger partial charge in [0, 0.05) is 6.54 Å². The number of nitrogens with zero attached hydrogens (tertiary/aromatic N) is 1. The Morgan fingerprint density at radius 1 is 1.64 bits per heavy atom. The SMILES string of the molecule is CN1CCC/C(=C/CCN)C1. The third-order valence-electron chi connectivity index (χ3n) is 2.11. The van der Waals surface area contributed by atoms with E-state index >= 15 is 0 Å². The lowest BCUT2D eigenvalue weighted by Gasteiger charge is -2.24. The van der Waals surface area contributed by atoms with Crippen molar-refractivity contribution >= 4 is 0 Å². The van der Waals surface area contributed by atoms with Gasteiger partial charge in [-0.2, -0.15) is 0 Å². The van der Waals surface area contributed by atoms with Crippen molar-refractivity contribution in [3.63, 3.8) is 0 Å². The second-order valence-corrected chi connectivity index (χ2v) is 3.28. The minimum absolute atomic E-state index is 0.785. The number of piperidine rings is 1. The molecular weight excluding hydrogens is 136 g/mol. The van der Waals surface area contributed by atoms with E-state index in [1.165, 1.54) is 19.4 Å². The number of hydrogen-bond acceptors (Lipinski definition) is 2. The molecule has 0 saturated carbocycles. The van der Waals surface area contributed by atoms with Gasteiger partial charge in [-0.05, 0) is 39.4 Å². The normalized spacial score (nSPS) is 24.4. The summed E-state index contributed by atoms with van der Waals surface area (Å²) in [6.07, 6.45) is 5.94. The molecule has 0 unspecified atom stereocenters. The van der Waals surface area contributed by atoms with Gasteiger partial charge in [0.1, 0.15) is 0 Å². The monoisotopic (exact) mass is 154 g/mol. The highest BCUT2D eigenvalue weighted by Crippen LogP contribution is 2.13. The van der Waals surface area contributed by atoms with Gasteiger partial charge in [0.05, 0.1) is 0 Å². The Hall–Kier alpha value is -0.340. The topological polar surface area (TPSA) is 29.3 Å². The molecule has 2 nitrogen and oxygen atoms in total. The van der Waals surface area contributed by atoms with Crippen LogP contribution in [0.4, 0.5) is 0 Å². The molecule has 11 heavy (non-hydrogen) atoms. The maximum atomic E-state index is 5.42. The van der Waals surface area contributed by atoms with Gasteiger partial charge in [0.25, 0.3) is 0 Å². The van der Waals surface area contributed by atoms with Crippen LogP contribution >= 0.6 is 0 Å². The molecule has 64 valence electrons. The van der Waals surface area contributed by atoms with E-state index in [-0.39, 0.29) is 0 Å². The van der Waals surface area contributed by atoms with Crippen molar-refractivity contribution in [2.75, 3.05) is 26.7 Å². The number of likely N-dealkylation sites (tertiary alicyclic amines) is 1. The van der Waals surface area contributed by atoms with E-state index in [1.54, 1.807) is 5.57 Å². The van der Waals surface area contributed by atoms with E-state index in [0.29, 0.717) is 0 Å². The Balaban J connectivity index is 2.32. The number of nitrogens with two attached hydrogens (primary N) is 1. The summed E-state index contributed by atoms with van der Waals surface area (Å²) in [7, 11) is 2.18. The molecule has 0 spiro atoms. The Kier molecular flexibility index (Phi) is 3.60. The average Bonchev–Trinajstić information content (AvgIpc) is 2.01. The van der Waals surface area contributed by atoms with Crippen LogP contribution < -0.4 is 5.73 Å². The summed E-state index contributed by atoms with van der Waals surface area (Å²) in [6.45, 7) is 3.19. The first-order valence-electron chi connectivity index (χ1n) is 4.39. The summed E-state index contributed by atoms with van der Waals surface area (Å²) in [5.41, 5.74) is 7.00. The molecule has 1 fully saturated rings. The van der Waals surface area contributed by atoms with Crippen molar-refractivity contribution in [3.8, 4) is 0 Å². The van der Waals surface area contributed by atoms with Crippen molar-refractivity contribution < 1.29 is 0 Å². The lowest BCUT2D eigenvalue weighted by Crippen LogP contribution is -2.27. The summed E-state index contributed by atoms with van der Waals surface area (Å²) in [6, 6.07) is 0. The lowest BCUT2D eigenvalue weighted by atomic mass is 10.0. The van der Waals surface area contributed by atoms with Crippen LogP contribution in [0.1, 0.15) is 19.3 Å². The molecule has 0 radical (unpaired) electrons. The smallest absolute Gasteiger partial charge is 0.0189 e. The molecular formula is C9H18N2. The summed E-state index contributed by atoms with van der Waals surface area (Å²) in [4.78, 5) is 2.37. The third-order valence-corrected chi connectivity index (χ3v) is 2.11. The molecule has 1 rings (SSSR count). The molecule has 0 aromatic carbocycles. The van der Waals surface area contributed by atoms with E-state index in [1.807, 2.05) is 0 Å². The Labute approximate surface area is 69.1 Å². The van der Waals surface area contributed by atoms with E-state index in [9.17, 15) is 0 Å². The van der Waals surface area contributed by atoms with Gasteiger partial charge in [-0.1, -0.05) is 11.6 Å². The maximum Gasteiger partial charge on any atom is 0.0189 e. The van der Waals surface area contributed by atoms with Gasteiger partial charge >= 0.3 is 0 Å². The van der Waals surface area contributed by atoms with Crippen molar-refractivity contribution in [1.29, 1.82) is 0 Å². The van der Waals surface area contributed by atoms with Crippen molar-refractivity contribution in [2.24, 2.45) is 5.73 Å². The van der Waals surface area contributed by atoms with Crippen LogP contribution in [0.2, 0.25) is 0 Å². The Morgan fingerprint density at radius 2 is 2.45 bits per heavy atom. The van der Waals surface area contributed by atoms with Gasteiger partial charge in [-0.15, -0.1) is 0 Å². The zero-order valence-electron chi connectivity index (χ0n) is 7.34. The van der Waals surface area contributed by atoms with Crippen molar-refractivity contribution in [2.45, 2.75) is 19.3 Å². The lowest BCUT2D eigenvalue weighted by molar-refractivity contribution is 0.322. The first-order valence-corrected chi connectivity index (χ1v) is 4.39. The zero-order valence-corrected chi connectivity index (χ0v) is 7.34. The predicted octanol–water partition coefficient (Wildman–Crippen LogP) is 0.987. The highest BCUT2D eigenvalue weighted by Gasteiger charge is 2.08. The standard InChI is InChI=1S/C9H18N2/c1-11-7-3-5-9(8-11)4-2-6-10/h4H,2-3,5-8,10H2,1H3/b9-4-. The second kappa shape index (κ2) is 4.52. The largest absolute Gasteiger partial charge is 0.330 e. The maximum absolute atomic E-state index is 5.42. The van der Waals surface area contributed by atoms with Crippen LogP contribution in [-0.2, 0) is 0 Å². The molecule has 0 atom stereocenters. The molecule has 0 amide bonds. The van der Waals surface area contributed by atoms with Gasteiger partial charge in [-0.3, -0.25) is 0 Å². The van der Waals surface area contributed by atoms with Gasteiger partial charge in [0.2, 0.25) is 0 Å². The van der Waals surface area contributed by atoms with Crippen LogP contribution in [0.25, 0.3) is 0 Å². The first-order chi connectivity index (χ1) is 5.33. The highest BCUT2D eigenvalue weighted by atomic mass is 15.1. The van der Waals surface area contributed by atoms with Crippen LogP contribution in [0.3, 0.4) is 0 Å². The second-order valence-electron chi connectivity index (χ2n) is 3.28. The van der Waals surface area contributed by atoms with Crippen molar-refractivity contribution in [1.82, 2.24) is 4.90 Å². The molecule has 0 aliphatic carbocycles. The third kappa shape index (κ3) is 3.04. The Bertz CT molecular complexity index is 140. The molecule has 2 N–H and O–H groups in total. The average molecular weight is 154 g/mol. The fraction of sp³-hybridized carbons (Fsp3) is 0.778. The zero-order chi connectivity index (χ0) is 8.10. The van der Waals surface area contributed by atoms with Gasteiger partial charge < -0.3 is 10.6 Å².